The first kappa shape index (κ1) is 9.42. The lowest BCUT2D eigenvalue weighted by Gasteiger charge is -2.12. The van der Waals surface area contributed by atoms with Crippen molar-refractivity contribution in [2.75, 3.05) is 0 Å². The van der Waals surface area contributed by atoms with E-state index in [4.69, 9.17) is 5.11 Å². The second-order valence-corrected chi connectivity index (χ2v) is 2.70. The highest BCUT2D eigenvalue weighted by atomic mass is 19.1. The first-order chi connectivity index (χ1) is 6.06. The molecule has 0 aliphatic carbocycles. The zero-order chi connectivity index (χ0) is 9.90. The van der Waals surface area contributed by atoms with Crippen molar-refractivity contribution in [2.45, 2.75) is 12.7 Å². The molecule has 1 N–H and O–H groups in total. The predicted molar refractivity (Wildman–Crippen MR) is 44.7 cm³/mol. The summed E-state index contributed by atoms with van der Waals surface area (Å²) < 4.78 is 13.4. The molecule has 0 fully saturated rings. The molecule has 4 heteroatoms. The number of phenolic OH excluding ortho intramolecular Hbond substituents is 1. The average Bonchev–Trinajstić information content (AvgIpc) is 2.05. The summed E-state index contributed by atoms with van der Waals surface area (Å²) in [6, 6.07) is 5.37. The monoisotopic (exact) mass is 181 g/mol. The van der Waals surface area contributed by atoms with Gasteiger partial charge in [0.05, 0.1) is 0 Å². The van der Waals surface area contributed by atoms with E-state index in [9.17, 15) is 9.18 Å². The minimum Gasteiger partial charge on any atom is -0.508 e. The number of alkyl halides is 1. The van der Waals surface area contributed by atoms with Gasteiger partial charge in [0.2, 0.25) is 11.9 Å². The average molecular weight is 181 g/mol. The lowest BCUT2D eigenvalue weighted by molar-refractivity contribution is 0.206. The Labute approximate surface area is 74.5 Å². The fourth-order valence-electron chi connectivity index (χ4n) is 0.916. The maximum Gasteiger partial charge on any atom is 0.238 e. The van der Waals surface area contributed by atoms with Crippen LogP contribution in [-0.2, 0) is 10.6 Å². The van der Waals surface area contributed by atoms with Crippen LogP contribution in [0.5, 0.6) is 5.75 Å². The molecule has 0 bridgehead atoms. The van der Waals surface area contributed by atoms with Gasteiger partial charge in [0.15, 0.2) is 0 Å². The van der Waals surface area contributed by atoms with Crippen LogP contribution >= 0.6 is 0 Å². The zero-order valence-electron chi connectivity index (χ0n) is 6.99. The second-order valence-electron chi connectivity index (χ2n) is 2.70. The van der Waals surface area contributed by atoms with E-state index in [1.165, 1.54) is 24.3 Å². The Hall–Kier alpha value is -1.67. The van der Waals surface area contributed by atoms with Crippen LogP contribution < -0.4 is 0 Å². The van der Waals surface area contributed by atoms with Crippen molar-refractivity contribution in [2.24, 2.45) is 4.99 Å². The summed E-state index contributed by atoms with van der Waals surface area (Å²) >= 11 is 0. The van der Waals surface area contributed by atoms with E-state index in [1.54, 1.807) is 0 Å². The molecule has 0 heterocycles. The van der Waals surface area contributed by atoms with Gasteiger partial charge in [-0.2, -0.15) is 4.99 Å². The smallest absolute Gasteiger partial charge is 0.238 e. The van der Waals surface area contributed by atoms with Gasteiger partial charge in [0, 0.05) is 5.56 Å². The highest BCUT2D eigenvalue weighted by Gasteiger charge is 2.24. The molecule has 0 spiro atoms. The van der Waals surface area contributed by atoms with Crippen molar-refractivity contribution in [1.82, 2.24) is 0 Å². The summed E-state index contributed by atoms with van der Waals surface area (Å²) in [5.41, 5.74) is 0.202. The van der Waals surface area contributed by atoms with Crippen molar-refractivity contribution >= 4 is 6.08 Å². The Morgan fingerprint density at radius 2 is 2.00 bits per heavy atom. The van der Waals surface area contributed by atoms with Gasteiger partial charge in [0.1, 0.15) is 5.75 Å². The number of nitrogens with zero attached hydrogens (tertiary/aromatic N) is 1. The summed E-state index contributed by atoms with van der Waals surface area (Å²) in [6.07, 6.45) is 1.16. The van der Waals surface area contributed by atoms with Gasteiger partial charge >= 0.3 is 0 Å². The third-order valence-electron chi connectivity index (χ3n) is 1.65. The van der Waals surface area contributed by atoms with Crippen molar-refractivity contribution in [1.29, 1.82) is 0 Å². The molecular formula is C9H8FNO2. The van der Waals surface area contributed by atoms with Gasteiger partial charge in [0.25, 0.3) is 0 Å². The Bertz CT molecular complexity index is 339. The summed E-state index contributed by atoms with van der Waals surface area (Å²) in [5, 5.41) is 8.92. The molecule has 3 nitrogen and oxygen atoms in total. The maximum atomic E-state index is 13.4. The van der Waals surface area contributed by atoms with Gasteiger partial charge in [-0.1, -0.05) is 12.1 Å². The standard InChI is InChI=1S/C9H8FNO2/c1-9(10,11-6-12)7-2-4-8(13)5-3-7/h2-5,13H,1H3. The van der Waals surface area contributed by atoms with Crippen molar-refractivity contribution in [3.8, 4) is 5.75 Å². The van der Waals surface area contributed by atoms with E-state index in [-0.39, 0.29) is 11.3 Å². The Kier molecular flexibility index (Phi) is 2.44. The Morgan fingerprint density at radius 3 is 2.46 bits per heavy atom. The van der Waals surface area contributed by atoms with E-state index in [2.05, 4.69) is 4.99 Å². The molecule has 1 unspecified atom stereocenters. The lowest BCUT2D eigenvalue weighted by Crippen LogP contribution is -2.10. The van der Waals surface area contributed by atoms with Gasteiger partial charge in [-0.3, -0.25) is 0 Å². The molecule has 0 saturated heterocycles. The number of phenols is 1. The van der Waals surface area contributed by atoms with Crippen LogP contribution in [0, 0.1) is 0 Å². The lowest BCUT2D eigenvalue weighted by atomic mass is 10.1. The third-order valence-corrected chi connectivity index (χ3v) is 1.65. The first-order valence-corrected chi connectivity index (χ1v) is 3.64. The van der Waals surface area contributed by atoms with E-state index in [1.807, 2.05) is 0 Å². The Morgan fingerprint density at radius 1 is 1.46 bits per heavy atom. The molecule has 1 aromatic rings. The fourth-order valence-corrected chi connectivity index (χ4v) is 0.916. The van der Waals surface area contributed by atoms with Crippen molar-refractivity contribution in [3.63, 3.8) is 0 Å². The largest absolute Gasteiger partial charge is 0.508 e. The Balaban J connectivity index is 3.07. The van der Waals surface area contributed by atoms with Gasteiger partial charge in [-0.15, -0.1) is 0 Å². The number of benzene rings is 1. The van der Waals surface area contributed by atoms with Crippen LogP contribution in [0.15, 0.2) is 29.3 Å². The predicted octanol–water partition coefficient (Wildman–Crippen LogP) is 1.87. The normalized spacial score (nSPS) is 14.3. The van der Waals surface area contributed by atoms with Crippen LogP contribution in [0.3, 0.4) is 0 Å². The number of halogens is 1. The van der Waals surface area contributed by atoms with Crippen LogP contribution in [-0.4, -0.2) is 11.2 Å². The summed E-state index contributed by atoms with van der Waals surface area (Å²) in [6.45, 7) is 1.14. The van der Waals surface area contributed by atoms with Crippen LogP contribution in [0.25, 0.3) is 0 Å². The minimum absolute atomic E-state index is 0.0367. The molecule has 0 radical (unpaired) electrons. The molecule has 1 aromatic carbocycles. The molecule has 68 valence electrons. The van der Waals surface area contributed by atoms with E-state index in [0.29, 0.717) is 0 Å². The molecule has 1 atom stereocenters. The van der Waals surface area contributed by atoms with E-state index < -0.39 is 5.79 Å². The van der Waals surface area contributed by atoms with Crippen LogP contribution in [0.4, 0.5) is 4.39 Å². The van der Waals surface area contributed by atoms with E-state index >= 15 is 0 Å². The molecule has 1 rings (SSSR count). The summed E-state index contributed by atoms with van der Waals surface area (Å²) in [5.74, 6) is -2.04. The molecule has 0 aliphatic rings. The number of aromatic hydroxyl groups is 1. The van der Waals surface area contributed by atoms with Gasteiger partial charge < -0.3 is 5.11 Å². The molecule has 13 heavy (non-hydrogen) atoms. The molecule has 0 aromatic heterocycles. The van der Waals surface area contributed by atoms with Crippen molar-refractivity contribution < 1.29 is 14.3 Å². The number of aliphatic imine (C=N–C) groups is 1. The van der Waals surface area contributed by atoms with Crippen LogP contribution in [0.1, 0.15) is 12.5 Å². The summed E-state index contributed by atoms with van der Waals surface area (Å²) in [7, 11) is 0. The fraction of sp³-hybridized carbons (Fsp3) is 0.222. The maximum absolute atomic E-state index is 13.4. The zero-order valence-corrected chi connectivity index (χ0v) is 6.99. The molecule has 0 aliphatic heterocycles. The second kappa shape index (κ2) is 3.37. The topological polar surface area (TPSA) is 49.7 Å². The quantitative estimate of drug-likeness (QED) is 0.430. The first-order valence-electron chi connectivity index (χ1n) is 3.64. The van der Waals surface area contributed by atoms with Crippen molar-refractivity contribution in [3.05, 3.63) is 29.8 Å². The number of isocyanates is 1. The highest BCUT2D eigenvalue weighted by molar-refractivity contribution is 5.37. The minimum atomic E-state index is -2.07. The number of hydrogen-bond acceptors (Lipinski definition) is 3. The van der Waals surface area contributed by atoms with E-state index in [0.717, 1.165) is 13.0 Å². The number of hydrogen-bond donors (Lipinski definition) is 1. The number of rotatable bonds is 2. The summed E-state index contributed by atoms with van der Waals surface area (Å²) in [4.78, 5) is 12.9. The number of carbonyl (C=O) groups excluding carboxylic acids is 1. The highest BCUT2D eigenvalue weighted by Crippen LogP contribution is 2.27. The molecule has 0 saturated carbocycles. The van der Waals surface area contributed by atoms with Crippen LogP contribution in [0.2, 0.25) is 0 Å². The molecular weight excluding hydrogens is 173 g/mol. The molecule has 0 amide bonds. The SMILES string of the molecule is CC(F)(N=C=O)c1ccc(O)cc1. The third kappa shape index (κ3) is 2.13. The van der Waals surface area contributed by atoms with Gasteiger partial charge in [-0.05, 0) is 19.1 Å². The van der Waals surface area contributed by atoms with Gasteiger partial charge in [-0.25, -0.2) is 9.18 Å².